The van der Waals surface area contributed by atoms with Gasteiger partial charge in [0.15, 0.2) is 0 Å². The number of imide groups is 1. The Morgan fingerprint density at radius 3 is 2.35 bits per heavy atom. The Labute approximate surface area is 157 Å². The van der Waals surface area contributed by atoms with Crippen LogP contribution >= 0.6 is 11.8 Å². The standard InChI is InChI=1S/C21H20N2O2S/c1-6-7-22-20(24)19(26-21(22)25)12-17-11-15(4)23(16(17)5)18-9-13(2)8-14(3)10-18/h1,8-12H,7H2,2-5H3. The summed E-state index contributed by atoms with van der Waals surface area (Å²) in [5.41, 5.74) is 6.51. The van der Waals surface area contributed by atoms with Crippen molar-refractivity contribution in [3.63, 3.8) is 0 Å². The van der Waals surface area contributed by atoms with E-state index in [4.69, 9.17) is 6.42 Å². The SMILES string of the molecule is C#CCN1C(=O)SC(=Cc2cc(C)n(-c3cc(C)cc(C)c3)c2C)C1=O. The van der Waals surface area contributed by atoms with Crippen LogP contribution in [0.15, 0.2) is 29.2 Å². The first kappa shape index (κ1) is 18.1. The Hall–Kier alpha value is -2.71. The molecule has 132 valence electrons. The Balaban J connectivity index is 2.03. The molecule has 0 atom stereocenters. The van der Waals surface area contributed by atoms with Crippen LogP contribution in [-0.4, -0.2) is 27.2 Å². The molecule has 26 heavy (non-hydrogen) atoms. The third kappa shape index (κ3) is 3.21. The van der Waals surface area contributed by atoms with Gasteiger partial charge in [0.05, 0.1) is 11.4 Å². The van der Waals surface area contributed by atoms with Crippen molar-refractivity contribution in [3.05, 3.63) is 57.2 Å². The summed E-state index contributed by atoms with van der Waals surface area (Å²) in [6, 6.07) is 8.44. The minimum atomic E-state index is -0.325. The lowest BCUT2D eigenvalue weighted by Crippen LogP contribution is -2.28. The number of rotatable bonds is 3. The molecule has 1 saturated heterocycles. The van der Waals surface area contributed by atoms with Gasteiger partial charge in [-0.3, -0.25) is 14.5 Å². The van der Waals surface area contributed by atoms with Gasteiger partial charge in [0.1, 0.15) is 0 Å². The number of carbonyl (C=O) groups is 2. The third-order valence-electron chi connectivity index (χ3n) is 4.34. The molecule has 1 aliphatic heterocycles. The summed E-state index contributed by atoms with van der Waals surface area (Å²) in [7, 11) is 0. The number of benzene rings is 1. The molecule has 0 saturated carbocycles. The summed E-state index contributed by atoms with van der Waals surface area (Å²) in [6.07, 6.45) is 7.02. The van der Waals surface area contributed by atoms with Gasteiger partial charge in [-0.05, 0) is 80.4 Å². The number of thioether (sulfide) groups is 1. The highest BCUT2D eigenvalue weighted by Gasteiger charge is 2.34. The molecule has 2 heterocycles. The molecule has 4 nitrogen and oxygen atoms in total. The highest BCUT2D eigenvalue weighted by Crippen LogP contribution is 2.33. The van der Waals surface area contributed by atoms with Gasteiger partial charge in [0.2, 0.25) is 0 Å². The van der Waals surface area contributed by atoms with Gasteiger partial charge >= 0.3 is 0 Å². The molecular weight excluding hydrogens is 344 g/mol. The summed E-state index contributed by atoms with van der Waals surface area (Å²) >= 11 is 0.935. The maximum atomic E-state index is 12.4. The Morgan fingerprint density at radius 1 is 1.08 bits per heavy atom. The van der Waals surface area contributed by atoms with E-state index >= 15 is 0 Å². The summed E-state index contributed by atoms with van der Waals surface area (Å²) in [5.74, 6) is 2.03. The van der Waals surface area contributed by atoms with Crippen molar-refractivity contribution >= 4 is 29.0 Å². The lowest BCUT2D eigenvalue weighted by Gasteiger charge is -2.12. The molecule has 0 aliphatic carbocycles. The minimum absolute atomic E-state index is 0.00357. The first-order valence-electron chi connectivity index (χ1n) is 8.28. The number of amides is 2. The van der Waals surface area contributed by atoms with E-state index in [1.165, 1.54) is 11.1 Å². The second-order valence-electron chi connectivity index (χ2n) is 6.48. The molecule has 2 aromatic rings. The van der Waals surface area contributed by atoms with Crippen LogP contribution in [-0.2, 0) is 4.79 Å². The monoisotopic (exact) mass is 364 g/mol. The van der Waals surface area contributed by atoms with Crippen LogP contribution < -0.4 is 0 Å². The summed E-state index contributed by atoms with van der Waals surface area (Å²) < 4.78 is 2.16. The van der Waals surface area contributed by atoms with Gasteiger partial charge in [0, 0.05) is 17.1 Å². The van der Waals surface area contributed by atoms with Gasteiger partial charge in [-0.2, -0.15) is 0 Å². The molecule has 1 aliphatic rings. The highest BCUT2D eigenvalue weighted by atomic mass is 32.2. The molecule has 0 bridgehead atoms. The van der Waals surface area contributed by atoms with Crippen LogP contribution in [0.5, 0.6) is 0 Å². The molecule has 0 N–H and O–H groups in total. The van der Waals surface area contributed by atoms with Crippen molar-refractivity contribution in [1.29, 1.82) is 0 Å². The number of hydrogen-bond acceptors (Lipinski definition) is 3. The fraction of sp³-hybridized carbons (Fsp3) is 0.238. The van der Waals surface area contributed by atoms with Crippen LogP contribution in [0.1, 0.15) is 28.1 Å². The fourth-order valence-electron chi connectivity index (χ4n) is 3.28. The summed E-state index contributed by atoms with van der Waals surface area (Å²) in [5, 5.41) is -0.317. The average molecular weight is 364 g/mol. The number of nitrogens with zero attached hydrogens (tertiary/aromatic N) is 2. The van der Waals surface area contributed by atoms with Crippen LogP contribution in [0, 0.1) is 40.0 Å². The van der Waals surface area contributed by atoms with E-state index in [9.17, 15) is 9.59 Å². The van der Waals surface area contributed by atoms with Crippen molar-refractivity contribution < 1.29 is 9.59 Å². The van der Waals surface area contributed by atoms with Crippen molar-refractivity contribution in [3.8, 4) is 18.0 Å². The Kier molecular flexibility index (Phi) is 4.80. The second-order valence-corrected chi connectivity index (χ2v) is 7.47. The molecule has 0 radical (unpaired) electrons. The molecule has 5 heteroatoms. The van der Waals surface area contributed by atoms with E-state index in [1.54, 1.807) is 6.08 Å². The predicted octanol–water partition coefficient (Wildman–Crippen LogP) is 4.38. The van der Waals surface area contributed by atoms with Gasteiger partial charge in [-0.15, -0.1) is 6.42 Å². The predicted molar refractivity (Wildman–Crippen MR) is 106 cm³/mol. The van der Waals surface area contributed by atoms with Gasteiger partial charge < -0.3 is 4.57 Å². The molecule has 1 fully saturated rings. The lowest BCUT2D eigenvalue weighted by molar-refractivity contribution is -0.122. The van der Waals surface area contributed by atoms with E-state index in [2.05, 4.69) is 42.5 Å². The first-order valence-corrected chi connectivity index (χ1v) is 9.10. The summed E-state index contributed by atoms with van der Waals surface area (Å²) in [4.78, 5) is 25.8. The molecular formula is C21H20N2O2S. The minimum Gasteiger partial charge on any atom is -0.318 e. The lowest BCUT2D eigenvalue weighted by atomic mass is 10.1. The van der Waals surface area contributed by atoms with Crippen molar-refractivity contribution in [2.24, 2.45) is 0 Å². The normalized spacial score (nSPS) is 15.8. The van der Waals surface area contributed by atoms with E-state index in [0.29, 0.717) is 4.91 Å². The average Bonchev–Trinajstić information content (AvgIpc) is 2.97. The zero-order chi connectivity index (χ0) is 19.0. The molecule has 2 amide bonds. The zero-order valence-corrected chi connectivity index (χ0v) is 16.1. The molecule has 1 aromatic carbocycles. The second kappa shape index (κ2) is 6.89. The first-order chi connectivity index (χ1) is 12.3. The highest BCUT2D eigenvalue weighted by molar-refractivity contribution is 8.18. The Bertz CT molecular complexity index is 972. The quantitative estimate of drug-likeness (QED) is 0.599. The summed E-state index contributed by atoms with van der Waals surface area (Å²) in [6.45, 7) is 8.21. The van der Waals surface area contributed by atoms with Crippen LogP contribution in [0.3, 0.4) is 0 Å². The van der Waals surface area contributed by atoms with E-state index in [-0.39, 0.29) is 17.7 Å². The van der Waals surface area contributed by atoms with Crippen molar-refractivity contribution in [1.82, 2.24) is 9.47 Å². The maximum Gasteiger partial charge on any atom is 0.294 e. The van der Waals surface area contributed by atoms with Crippen molar-refractivity contribution in [2.45, 2.75) is 27.7 Å². The molecule has 1 aromatic heterocycles. The van der Waals surface area contributed by atoms with Gasteiger partial charge in [-0.25, -0.2) is 0 Å². The molecule has 0 unspecified atom stereocenters. The molecule has 0 spiro atoms. The smallest absolute Gasteiger partial charge is 0.294 e. The fourth-order valence-corrected chi connectivity index (χ4v) is 4.11. The number of aryl methyl sites for hydroxylation is 3. The third-order valence-corrected chi connectivity index (χ3v) is 5.25. The number of carbonyl (C=O) groups excluding carboxylic acids is 2. The maximum absolute atomic E-state index is 12.4. The number of aromatic nitrogens is 1. The molecule has 3 rings (SSSR count). The zero-order valence-electron chi connectivity index (χ0n) is 15.3. The van der Waals surface area contributed by atoms with Crippen LogP contribution in [0.4, 0.5) is 4.79 Å². The largest absolute Gasteiger partial charge is 0.318 e. The van der Waals surface area contributed by atoms with E-state index in [0.717, 1.165) is 39.3 Å². The number of hydrogen-bond donors (Lipinski definition) is 0. The number of terminal acetylenes is 1. The van der Waals surface area contributed by atoms with E-state index in [1.807, 2.05) is 19.9 Å². The van der Waals surface area contributed by atoms with Crippen molar-refractivity contribution in [2.75, 3.05) is 6.54 Å². The topological polar surface area (TPSA) is 42.3 Å². The van der Waals surface area contributed by atoms with Crippen LogP contribution in [0.25, 0.3) is 11.8 Å². The van der Waals surface area contributed by atoms with E-state index < -0.39 is 0 Å². The van der Waals surface area contributed by atoms with Crippen LogP contribution in [0.2, 0.25) is 0 Å². The van der Waals surface area contributed by atoms with Gasteiger partial charge in [-0.1, -0.05) is 12.0 Å². The Morgan fingerprint density at radius 2 is 1.73 bits per heavy atom. The van der Waals surface area contributed by atoms with Gasteiger partial charge in [0.25, 0.3) is 11.1 Å².